The van der Waals surface area contributed by atoms with Crippen molar-refractivity contribution in [2.24, 2.45) is 0 Å². The van der Waals surface area contributed by atoms with Crippen molar-refractivity contribution >= 4 is 5.97 Å². The van der Waals surface area contributed by atoms with Gasteiger partial charge in [0.2, 0.25) is 0 Å². The lowest BCUT2D eigenvalue weighted by Gasteiger charge is -2.21. The van der Waals surface area contributed by atoms with Crippen LogP contribution in [0.2, 0.25) is 0 Å². The van der Waals surface area contributed by atoms with E-state index in [9.17, 15) is 4.79 Å². The number of rotatable bonds is 2. The monoisotopic (exact) mass is 211 g/mol. The van der Waals surface area contributed by atoms with Crippen LogP contribution in [0, 0.1) is 0 Å². The van der Waals surface area contributed by atoms with Crippen molar-refractivity contribution in [3.05, 3.63) is 17.7 Å². The fraction of sp³-hybridized carbons (Fsp3) is 0.556. The maximum Gasteiger partial charge on any atom is 0.356 e. The highest BCUT2D eigenvalue weighted by Crippen LogP contribution is 2.15. The Morgan fingerprint density at radius 2 is 2.60 bits per heavy atom. The minimum Gasteiger partial charge on any atom is -0.464 e. The van der Waals surface area contributed by atoms with Crippen LogP contribution in [0.4, 0.5) is 0 Å². The molecule has 1 aliphatic rings. The summed E-state index contributed by atoms with van der Waals surface area (Å²) >= 11 is 0. The van der Waals surface area contributed by atoms with Gasteiger partial charge in [0.1, 0.15) is 17.6 Å². The normalized spacial score (nSPS) is 21.3. The number of hydrogen-bond acceptors (Lipinski definition) is 5. The first-order valence-electron chi connectivity index (χ1n) is 4.77. The van der Waals surface area contributed by atoms with Gasteiger partial charge in [-0.15, -0.1) is 0 Å². The molecule has 0 spiro atoms. The number of methoxy groups -OCH3 is 1. The Morgan fingerprint density at radius 3 is 3.27 bits per heavy atom. The Morgan fingerprint density at radius 1 is 1.73 bits per heavy atom. The molecule has 0 radical (unpaired) electrons. The Kier molecular flexibility index (Phi) is 2.98. The quantitative estimate of drug-likeness (QED) is 0.666. The van der Waals surface area contributed by atoms with Gasteiger partial charge in [-0.25, -0.2) is 9.78 Å². The van der Waals surface area contributed by atoms with E-state index in [0.717, 1.165) is 6.54 Å². The largest absolute Gasteiger partial charge is 0.464 e. The predicted molar refractivity (Wildman–Crippen MR) is 51.5 cm³/mol. The summed E-state index contributed by atoms with van der Waals surface area (Å²) in [6, 6.07) is 0. The molecular weight excluding hydrogens is 198 g/mol. The van der Waals surface area contributed by atoms with Crippen LogP contribution in [-0.4, -0.2) is 42.7 Å². The number of morpholine rings is 1. The second-order valence-electron chi connectivity index (χ2n) is 3.24. The van der Waals surface area contributed by atoms with Gasteiger partial charge < -0.3 is 19.8 Å². The summed E-state index contributed by atoms with van der Waals surface area (Å²) in [5, 5.41) is 3.18. The number of hydrogen-bond donors (Lipinski definition) is 2. The minimum absolute atomic E-state index is 0.114. The summed E-state index contributed by atoms with van der Waals surface area (Å²) in [4.78, 5) is 18.1. The second-order valence-corrected chi connectivity index (χ2v) is 3.24. The summed E-state index contributed by atoms with van der Waals surface area (Å²) in [7, 11) is 1.33. The lowest BCUT2D eigenvalue weighted by Crippen LogP contribution is -2.33. The first-order chi connectivity index (χ1) is 7.31. The third-order valence-electron chi connectivity index (χ3n) is 2.23. The molecule has 0 aliphatic carbocycles. The van der Waals surface area contributed by atoms with E-state index < -0.39 is 5.97 Å². The Hall–Kier alpha value is -1.40. The zero-order valence-corrected chi connectivity index (χ0v) is 8.45. The van der Waals surface area contributed by atoms with Gasteiger partial charge in [-0.05, 0) is 0 Å². The fourth-order valence-electron chi connectivity index (χ4n) is 1.45. The van der Waals surface area contributed by atoms with Crippen molar-refractivity contribution in [2.75, 3.05) is 26.8 Å². The molecule has 1 atom stereocenters. The number of H-pyrrole nitrogens is 1. The van der Waals surface area contributed by atoms with Crippen LogP contribution in [0.1, 0.15) is 22.4 Å². The van der Waals surface area contributed by atoms with Crippen LogP contribution in [0.5, 0.6) is 0 Å². The van der Waals surface area contributed by atoms with Crippen molar-refractivity contribution in [1.29, 1.82) is 0 Å². The van der Waals surface area contributed by atoms with E-state index >= 15 is 0 Å². The van der Waals surface area contributed by atoms with E-state index in [0.29, 0.717) is 24.7 Å². The number of nitrogens with one attached hydrogen (secondary N) is 2. The van der Waals surface area contributed by atoms with Crippen molar-refractivity contribution < 1.29 is 14.3 Å². The summed E-state index contributed by atoms with van der Waals surface area (Å²) in [6.07, 6.45) is 1.34. The van der Waals surface area contributed by atoms with E-state index in [2.05, 4.69) is 20.0 Å². The van der Waals surface area contributed by atoms with Gasteiger partial charge in [0.25, 0.3) is 0 Å². The van der Waals surface area contributed by atoms with Crippen molar-refractivity contribution in [1.82, 2.24) is 15.3 Å². The summed E-state index contributed by atoms with van der Waals surface area (Å²) in [5.74, 6) is 0.236. The minimum atomic E-state index is -0.419. The molecule has 2 N–H and O–H groups in total. The summed E-state index contributed by atoms with van der Waals surface area (Å²) in [5.41, 5.74) is 0.349. The standard InChI is InChI=1S/C9H13N3O3/c1-14-9(13)6-4-11-8(12-6)7-5-10-2-3-15-7/h4,7,10H,2-3,5H2,1H3,(H,11,12). The third kappa shape index (κ3) is 2.16. The topological polar surface area (TPSA) is 76.2 Å². The first kappa shape index (κ1) is 10.1. The molecule has 6 nitrogen and oxygen atoms in total. The molecule has 2 heterocycles. The van der Waals surface area contributed by atoms with Crippen LogP contribution in [0.15, 0.2) is 6.20 Å². The first-order valence-corrected chi connectivity index (χ1v) is 4.77. The van der Waals surface area contributed by atoms with Crippen LogP contribution in [-0.2, 0) is 9.47 Å². The molecule has 1 saturated heterocycles. The van der Waals surface area contributed by atoms with Crippen molar-refractivity contribution in [2.45, 2.75) is 6.10 Å². The predicted octanol–water partition coefficient (Wildman–Crippen LogP) is -0.143. The Labute approximate surface area is 87.0 Å². The smallest absolute Gasteiger partial charge is 0.356 e. The van der Waals surface area contributed by atoms with E-state index in [1.54, 1.807) is 0 Å². The lowest BCUT2D eigenvalue weighted by atomic mass is 10.3. The van der Waals surface area contributed by atoms with Crippen LogP contribution >= 0.6 is 0 Å². The van der Waals surface area contributed by atoms with E-state index in [1.807, 2.05) is 0 Å². The molecule has 0 saturated carbocycles. The number of aromatic nitrogens is 2. The zero-order valence-electron chi connectivity index (χ0n) is 8.45. The fourth-order valence-corrected chi connectivity index (χ4v) is 1.45. The number of carbonyl (C=O) groups is 1. The maximum absolute atomic E-state index is 11.2. The molecular formula is C9H13N3O3. The van der Waals surface area contributed by atoms with Gasteiger partial charge in [-0.2, -0.15) is 0 Å². The van der Waals surface area contributed by atoms with Gasteiger partial charge in [-0.3, -0.25) is 0 Å². The van der Waals surface area contributed by atoms with E-state index in [1.165, 1.54) is 13.3 Å². The second kappa shape index (κ2) is 4.41. The van der Waals surface area contributed by atoms with Gasteiger partial charge >= 0.3 is 5.97 Å². The highest BCUT2D eigenvalue weighted by atomic mass is 16.5. The summed E-state index contributed by atoms with van der Waals surface area (Å²) < 4.78 is 10.1. The lowest BCUT2D eigenvalue weighted by molar-refractivity contribution is 0.0225. The highest BCUT2D eigenvalue weighted by Gasteiger charge is 2.20. The third-order valence-corrected chi connectivity index (χ3v) is 2.23. The van der Waals surface area contributed by atoms with E-state index in [4.69, 9.17) is 4.74 Å². The van der Waals surface area contributed by atoms with Crippen LogP contribution in [0.25, 0.3) is 0 Å². The van der Waals surface area contributed by atoms with Gasteiger partial charge in [-0.1, -0.05) is 0 Å². The molecule has 1 unspecified atom stereocenters. The average molecular weight is 211 g/mol. The van der Waals surface area contributed by atoms with Crippen molar-refractivity contribution in [3.8, 4) is 0 Å². The SMILES string of the molecule is COC(=O)c1cnc(C2CNCCO2)[nH]1. The number of carbonyl (C=O) groups excluding carboxylic acids is 1. The van der Waals surface area contributed by atoms with Gasteiger partial charge in [0.15, 0.2) is 0 Å². The number of aromatic amines is 1. The molecule has 1 aromatic rings. The Bertz CT molecular complexity index is 344. The summed E-state index contributed by atoms with van der Waals surface area (Å²) in [6.45, 7) is 2.20. The molecule has 2 rings (SSSR count). The zero-order chi connectivity index (χ0) is 10.7. The average Bonchev–Trinajstić information content (AvgIpc) is 2.78. The van der Waals surface area contributed by atoms with Gasteiger partial charge in [0, 0.05) is 13.1 Å². The molecule has 1 aliphatic heterocycles. The number of nitrogens with zero attached hydrogens (tertiary/aromatic N) is 1. The highest BCUT2D eigenvalue weighted by molar-refractivity contribution is 5.86. The van der Waals surface area contributed by atoms with Crippen LogP contribution < -0.4 is 5.32 Å². The molecule has 0 amide bonds. The molecule has 1 aromatic heterocycles. The van der Waals surface area contributed by atoms with Gasteiger partial charge in [0.05, 0.1) is 19.9 Å². The molecule has 15 heavy (non-hydrogen) atoms. The van der Waals surface area contributed by atoms with E-state index in [-0.39, 0.29) is 6.10 Å². The molecule has 6 heteroatoms. The Balaban J connectivity index is 2.08. The van der Waals surface area contributed by atoms with Crippen molar-refractivity contribution in [3.63, 3.8) is 0 Å². The molecule has 1 fully saturated rings. The maximum atomic E-state index is 11.2. The van der Waals surface area contributed by atoms with Crippen LogP contribution in [0.3, 0.4) is 0 Å². The molecule has 0 aromatic carbocycles. The molecule has 0 bridgehead atoms. The number of ether oxygens (including phenoxy) is 2. The number of imidazole rings is 1. The molecule has 82 valence electrons. The number of esters is 1.